The van der Waals surface area contributed by atoms with E-state index in [1.807, 2.05) is 55.5 Å². The molecule has 0 bridgehead atoms. The minimum Gasteiger partial charge on any atom is -0.492 e. The third kappa shape index (κ3) is 4.75. The summed E-state index contributed by atoms with van der Waals surface area (Å²) in [5.74, 6) is 2.16. The van der Waals surface area contributed by atoms with Gasteiger partial charge in [-0.15, -0.1) is 0 Å². The summed E-state index contributed by atoms with van der Waals surface area (Å²) in [4.78, 5) is 21.0. The molecule has 4 aromatic rings. The first-order valence-corrected chi connectivity index (χ1v) is 12.2. The van der Waals surface area contributed by atoms with Crippen LogP contribution in [0.2, 0.25) is 0 Å². The molecule has 2 heterocycles. The molecule has 5 heteroatoms. The highest BCUT2D eigenvalue weighted by molar-refractivity contribution is 5.78. The summed E-state index contributed by atoms with van der Waals surface area (Å²) in [6.07, 6.45) is 3.44. The minimum absolute atomic E-state index is 0.0493. The lowest BCUT2D eigenvalue weighted by Crippen LogP contribution is -2.36. The number of likely N-dealkylation sites (tertiary alicyclic amines) is 1. The molecule has 0 unspecified atom stereocenters. The van der Waals surface area contributed by atoms with Gasteiger partial charge >= 0.3 is 0 Å². The van der Waals surface area contributed by atoms with Crippen LogP contribution in [0, 0.1) is 5.92 Å². The van der Waals surface area contributed by atoms with Gasteiger partial charge in [0.05, 0.1) is 29.7 Å². The van der Waals surface area contributed by atoms with Gasteiger partial charge in [-0.05, 0) is 75.0 Å². The second kappa shape index (κ2) is 10.2. The van der Waals surface area contributed by atoms with Crippen molar-refractivity contribution in [2.75, 3.05) is 19.7 Å². The van der Waals surface area contributed by atoms with Crippen LogP contribution in [0.1, 0.15) is 31.2 Å². The monoisotopic (exact) mass is 453 g/mol. The lowest BCUT2D eigenvalue weighted by atomic mass is 9.90. The second-order valence-electron chi connectivity index (χ2n) is 9.00. The fourth-order valence-corrected chi connectivity index (χ4v) is 4.95. The zero-order valence-corrected chi connectivity index (χ0v) is 19.7. The molecule has 1 aromatic heterocycles. The molecule has 0 spiro atoms. The Morgan fingerprint density at radius 1 is 0.912 bits per heavy atom. The van der Waals surface area contributed by atoms with Crippen molar-refractivity contribution in [3.63, 3.8) is 0 Å². The Labute approximate surface area is 200 Å². The second-order valence-corrected chi connectivity index (χ2v) is 9.00. The lowest BCUT2D eigenvalue weighted by Gasteiger charge is -2.32. The van der Waals surface area contributed by atoms with Crippen LogP contribution < -0.4 is 10.3 Å². The molecule has 0 N–H and O–H groups in total. The molecule has 5 nitrogen and oxygen atoms in total. The van der Waals surface area contributed by atoms with Crippen molar-refractivity contribution in [3.05, 3.63) is 101 Å². The molecule has 0 radical (unpaired) electrons. The quantitative estimate of drug-likeness (QED) is 0.384. The van der Waals surface area contributed by atoms with Crippen LogP contribution in [0.5, 0.6) is 5.75 Å². The molecule has 0 aliphatic carbocycles. The van der Waals surface area contributed by atoms with Gasteiger partial charge in [0.25, 0.3) is 5.56 Å². The first-order valence-electron chi connectivity index (χ1n) is 12.2. The van der Waals surface area contributed by atoms with E-state index in [0.717, 1.165) is 49.4 Å². The number of rotatable bonds is 7. The number of ether oxygens (including phenoxy) is 1. The molecule has 34 heavy (non-hydrogen) atoms. The van der Waals surface area contributed by atoms with Gasteiger partial charge in [0.1, 0.15) is 11.6 Å². The summed E-state index contributed by atoms with van der Waals surface area (Å²) in [6, 6.07) is 26.1. The topological polar surface area (TPSA) is 47.4 Å². The van der Waals surface area contributed by atoms with Crippen molar-refractivity contribution < 1.29 is 4.74 Å². The summed E-state index contributed by atoms with van der Waals surface area (Å²) in [5.41, 5.74) is 2.86. The van der Waals surface area contributed by atoms with Crippen LogP contribution >= 0.6 is 0 Å². The molecule has 1 fully saturated rings. The zero-order valence-electron chi connectivity index (χ0n) is 19.7. The Bertz CT molecular complexity index is 1310. The van der Waals surface area contributed by atoms with Crippen LogP contribution in [-0.4, -0.2) is 34.1 Å². The van der Waals surface area contributed by atoms with Crippen molar-refractivity contribution in [1.29, 1.82) is 0 Å². The van der Waals surface area contributed by atoms with E-state index < -0.39 is 0 Å². The van der Waals surface area contributed by atoms with Gasteiger partial charge in [-0.1, -0.05) is 54.6 Å². The smallest absolute Gasteiger partial charge is 0.266 e. The highest BCUT2D eigenvalue weighted by atomic mass is 16.5. The molecule has 1 aliphatic heterocycles. The van der Waals surface area contributed by atoms with Crippen molar-refractivity contribution >= 4 is 10.9 Å². The van der Waals surface area contributed by atoms with Gasteiger partial charge in [0.15, 0.2) is 0 Å². The summed E-state index contributed by atoms with van der Waals surface area (Å²) in [5, 5.41) is 0.624. The minimum atomic E-state index is -0.0493. The Balaban J connectivity index is 1.43. The summed E-state index contributed by atoms with van der Waals surface area (Å²) in [6.45, 7) is 5.15. The molecule has 174 valence electrons. The summed E-state index contributed by atoms with van der Waals surface area (Å²) in [7, 11) is 0. The van der Waals surface area contributed by atoms with Gasteiger partial charge < -0.3 is 4.74 Å². The number of nitrogens with zero attached hydrogens (tertiary/aromatic N) is 3. The van der Waals surface area contributed by atoms with Crippen LogP contribution in [0.3, 0.4) is 0 Å². The van der Waals surface area contributed by atoms with E-state index >= 15 is 0 Å². The molecule has 1 aliphatic rings. The molecular formula is C29H31N3O2. The predicted octanol–water partition coefficient (Wildman–Crippen LogP) is 5.24. The van der Waals surface area contributed by atoms with Gasteiger partial charge in [-0.3, -0.25) is 14.3 Å². The SMILES string of the molecule is CCOc1ccccc1-n1c(CN2CCC(Cc3ccccc3)CC2)nc2ccccc2c1=O. The molecule has 0 saturated carbocycles. The Morgan fingerprint density at radius 2 is 1.62 bits per heavy atom. The Hall–Kier alpha value is -3.44. The number of piperidine rings is 1. The maximum atomic E-state index is 13.7. The first-order chi connectivity index (χ1) is 16.7. The number of hydrogen-bond acceptors (Lipinski definition) is 4. The van der Waals surface area contributed by atoms with E-state index in [1.165, 1.54) is 5.56 Å². The van der Waals surface area contributed by atoms with Gasteiger partial charge in [-0.25, -0.2) is 4.98 Å². The molecular weight excluding hydrogens is 422 g/mol. The fourth-order valence-electron chi connectivity index (χ4n) is 4.95. The molecule has 0 atom stereocenters. The van der Waals surface area contributed by atoms with Gasteiger partial charge in [-0.2, -0.15) is 0 Å². The van der Waals surface area contributed by atoms with Crippen molar-refractivity contribution in [1.82, 2.24) is 14.5 Å². The highest BCUT2D eigenvalue weighted by Gasteiger charge is 2.23. The van der Waals surface area contributed by atoms with Crippen LogP contribution in [-0.2, 0) is 13.0 Å². The van der Waals surface area contributed by atoms with E-state index in [1.54, 1.807) is 4.57 Å². The summed E-state index contributed by atoms with van der Waals surface area (Å²) < 4.78 is 7.63. The standard InChI is InChI=1S/C29H31N3O2/c1-2-34-27-15-9-8-14-26(27)32-28(30-25-13-7-6-12-24(25)29(32)33)21-31-18-16-23(17-19-31)20-22-10-4-3-5-11-22/h3-15,23H,2,16-21H2,1H3. The Kier molecular flexibility index (Phi) is 6.72. The lowest BCUT2D eigenvalue weighted by molar-refractivity contribution is 0.172. The third-order valence-electron chi connectivity index (χ3n) is 6.69. The number of hydrogen-bond donors (Lipinski definition) is 0. The molecule has 5 rings (SSSR count). The zero-order chi connectivity index (χ0) is 23.3. The van der Waals surface area contributed by atoms with Crippen LogP contribution in [0.25, 0.3) is 16.6 Å². The number of fused-ring (bicyclic) bond motifs is 1. The van der Waals surface area contributed by atoms with Crippen molar-refractivity contribution in [3.8, 4) is 11.4 Å². The van der Waals surface area contributed by atoms with E-state index in [0.29, 0.717) is 30.2 Å². The van der Waals surface area contributed by atoms with E-state index in [4.69, 9.17) is 9.72 Å². The fraction of sp³-hybridized carbons (Fsp3) is 0.310. The maximum absolute atomic E-state index is 13.7. The molecule has 1 saturated heterocycles. The normalized spacial score (nSPS) is 15.0. The summed E-state index contributed by atoms with van der Waals surface area (Å²) >= 11 is 0. The van der Waals surface area contributed by atoms with Crippen molar-refractivity contribution in [2.45, 2.75) is 32.7 Å². The van der Waals surface area contributed by atoms with E-state index in [-0.39, 0.29) is 5.56 Å². The van der Waals surface area contributed by atoms with Gasteiger partial charge in [0.2, 0.25) is 0 Å². The highest BCUT2D eigenvalue weighted by Crippen LogP contribution is 2.26. The maximum Gasteiger partial charge on any atom is 0.266 e. The third-order valence-corrected chi connectivity index (χ3v) is 6.69. The van der Waals surface area contributed by atoms with Crippen LogP contribution in [0.15, 0.2) is 83.7 Å². The van der Waals surface area contributed by atoms with Crippen LogP contribution in [0.4, 0.5) is 0 Å². The number of benzene rings is 3. The van der Waals surface area contributed by atoms with Gasteiger partial charge in [0, 0.05) is 0 Å². The first kappa shape index (κ1) is 22.4. The van der Waals surface area contributed by atoms with E-state index in [9.17, 15) is 4.79 Å². The number of aromatic nitrogens is 2. The van der Waals surface area contributed by atoms with Crippen molar-refractivity contribution in [2.24, 2.45) is 5.92 Å². The average Bonchev–Trinajstić information content (AvgIpc) is 2.87. The largest absolute Gasteiger partial charge is 0.492 e. The van der Waals surface area contributed by atoms with E-state index in [2.05, 4.69) is 35.2 Å². The Morgan fingerprint density at radius 3 is 2.41 bits per heavy atom. The number of para-hydroxylation sites is 3. The molecule has 3 aromatic carbocycles. The average molecular weight is 454 g/mol. The predicted molar refractivity (Wildman–Crippen MR) is 137 cm³/mol. The molecule has 0 amide bonds.